The number of nitrogens with zero attached hydrogens (tertiary/aromatic N) is 1. The maximum absolute atomic E-state index is 12.0. The van der Waals surface area contributed by atoms with Crippen LogP contribution in [0.15, 0.2) is 30.3 Å². The normalized spacial score (nSPS) is 13.3. The summed E-state index contributed by atoms with van der Waals surface area (Å²) < 4.78 is 4.68. The van der Waals surface area contributed by atoms with Gasteiger partial charge in [0.2, 0.25) is 0 Å². The van der Waals surface area contributed by atoms with E-state index in [-0.39, 0.29) is 18.8 Å². The van der Waals surface area contributed by atoms with Crippen molar-refractivity contribution in [3.05, 3.63) is 46.0 Å². The van der Waals surface area contributed by atoms with Crippen molar-refractivity contribution in [1.29, 1.82) is 0 Å². The first kappa shape index (κ1) is 15.8. The van der Waals surface area contributed by atoms with Crippen LogP contribution in [0.1, 0.15) is 30.6 Å². The van der Waals surface area contributed by atoms with Crippen LogP contribution < -0.4 is 0 Å². The van der Waals surface area contributed by atoms with Gasteiger partial charge in [0, 0.05) is 22.8 Å². The minimum atomic E-state index is -1.51. The molecule has 2 atom stereocenters. The maximum Gasteiger partial charge on any atom is 0.381 e. The Labute approximate surface area is 116 Å². The number of hydrogen-bond donors (Lipinski definition) is 0. The van der Waals surface area contributed by atoms with E-state index in [1.54, 1.807) is 37.3 Å². The molecule has 0 heterocycles. The van der Waals surface area contributed by atoms with Crippen LogP contribution in [0, 0.1) is 16.0 Å². The molecule has 0 aliphatic carbocycles. The van der Waals surface area contributed by atoms with Crippen molar-refractivity contribution in [2.75, 3.05) is 6.61 Å². The Morgan fingerprint density at radius 1 is 1.30 bits per heavy atom. The van der Waals surface area contributed by atoms with Gasteiger partial charge in [-0.15, -0.1) is 0 Å². The zero-order valence-corrected chi connectivity index (χ0v) is 11.4. The molecular weight excluding hydrogens is 262 g/mol. The molecule has 6 heteroatoms. The Morgan fingerprint density at radius 2 is 1.90 bits per heavy atom. The second-order valence-corrected chi connectivity index (χ2v) is 4.45. The van der Waals surface area contributed by atoms with Crippen molar-refractivity contribution >= 4 is 11.8 Å². The summed E-state index contributed by atoms with van der Waals surface area (Å²) >= 11 is 0. The summed E-state index contributed by atoms with van der Waals surface area (Å²) in [5.74, 6) is -1.85. The van der Waals surface area contributed by atoms with Gasteiger partial charge in [-0.05, 0) is 6.92 Å². The molecule has 0 saturated heterocycles. The lowest BCUT2D eigenvalue weighted by atomic mass is 9.93. The molecule has 0 aliphatic heterocycles. The van der Waals surface area contributed by atoms with Crippen LogP contribution in [0.5, 0.6) is 0 Å². The number of carbonyl (C=O) groups excluding carboxylic acids is 2. The lowest BCUT2D eigenvalue weighted by Gasteiger charge is -2.15. The summed E-state index contributed by atoms with van der Waals surface area (Å²) in [6.45, 7) is 3.16. The van der Waals surface area contributed by atoms with E-state index in [1.165, 1.54) is 6.92 Å². The van der Waals surface area contributed by atoms with E-state index >= 15 is 0 Å². The summed E-state index contributed by atoms with van der Waals surface area (Å²) in [7, 11) is 0. The third-order valence-electron chi connectivity index (χ3n) is 2.90. The Kier molecular flexibility index (Phi) is 5.83. The molecule has 0 unspecified atom stereocenters. The maximum atomic E-state index is 12.0. The molecule has 1 aromatic carbocycles. The number of rotatable bonds is 7. The molecule has 1 aromatic rings. The summed E-state index contributed by atoms with van der Waals surface area (Å²) in [6, 6.07) is 6.98. The quantitative estimate of drug-likeness (QED) is 0.330. The molecule has 0 N–H and O–H groups in total. The fourth-order valence-electron chi connectivity index (χ4n) is 1.90. The zero-order chi connectivity index (χ0) is 15.1. The Hall–Kier alpha value is -2.24. The van der Waals surface area contributed by atoms with Crippen LogP contribution in [0.3, 0.4) is 0 Å². The lowest BCUT2D eigenvalue weighted by Crippen LogP contribution is -2.38. The van der Waals surface area contributed by atoms with Gasteiger partial charge >= 0.3 is 12.0 Å². The third-order valence-corrected chi connectivity index (χ3v) is 2.90. The van der Waals surface area contributed by atoms with Crippen molar-refractivity contribution in [2.45, 2.75) is 26.3 Å². The first-order valence-corrected chi connectivity index (χ1v) is 6.35. The van der Waals surface area contributed by atoms with Crippen LogP contribution >= 0.6 is 0 Å². The average molecular weight is 279 g/mol. The minimum absolute atomic E-state index is 0.0719. The second-order valence-electron chi connectivity index (χ2n) is 4.45. The first-order chi connectivity index (χ1) is 9.47. The van der Waals surface area contributed by atoms with E-state index in [4.69, 9.17) is 0 Å². The van der Waals surface area contributed by atoms with E-state index in [0.717, 1.165) is 0 Å². The standard InChI is InChI=1S/C14H17NO5/c1-3-20-14(17)13(15(18)19)10(2)9-12(16)11-7-5-4-6-8-11/h4-8,10,13H,3,9H2,1-2H3/t10-,13+/m1/s1. The molecule has 0 aromatic heterocycles. The summed E-state index contributed by atoms with van der Waals surface area (Å²) in [6.07, 6.45) is -0.0749. The Bertz CT molecular complexity index is 486. The highest BCUT2D eigenvalue weighted by molar-refractivity contribution is 5.96. The fourth-order valence-corrected chi connectivity index (χ4v) is 1.90. The molecule has 1 rings (SSSR count). The van der Waals surface area contributed by atoms with E-state index in [0.29, 0.717) is 5.56 Å². The van der Waals surface area contributed by atoms with Gasteiger partial charge in [-0.2, -0.15) is 0 Å². The smallest absolute Gasteiger partial charge is 0.381 e. The minimum Gasteiger partial charge on any atom is -0.461 e. The summed E-state index contributed by atoms with van der Waals surface area (Å²) in [5.41, 5.74) is 0.477. The number of benzene rings is 1. The molecule has 0 spiro atoms. The van der Waals surface area contributed by atoms with Crippen molar-refractivity contribution in [3.63, 3.8) is 0 Å². The van der Waals surface area contributed by atoms with Crippen LogP contribution in [-0.4, -0.2) is 29.3 Å². The molecule has 6 nitrogen and oxygen atoms in total. The van der Waals surface area contributed by atoms with Gasteiger partial charge in [0.05, 0.1) is 6.61 Å². The second kappa shape index (κ2) is 7.37. The molecule has 0 fully saturated rings. The van der Waals surface area contributed by atoms with Crippen molar-refractivity contribution in [2.24, 2.45) is 5.92 Å². The SMILES string of the molecule is CCOC(=O)[C@H]([C@H](C)CC(=O)c1ccccc1)[N+](=O)[O-]. The molecule has 0 saturated carbocycles. The van der Waals surface area contributed by atoms with E-state index < -0.39 is 22.9 Å². The summed E-state index contributed by atoms with van der Waals surface area (Å²) in [5, 5.41) is 11.0. The molecule has 20 heavy (non-hydrogen) atoms. The Morgan fingerprint density at radius 3 is 2.40 bits per heavy atom. The molecule has 0 bridgehead atoms. The number of carbonyl (C=O) groups is 2. The predicted molar refractivity (Wildman–Crippen MR) is 72.0 cm³/mol. The van der Waals surface area contributed by atoms with Gasteiger partial charge in [0.25, 0.3) is 0 Å². The highest BCUT2D eigenvalue weighted by atomic mass is 16.6. The molecule has 108 valence electrons. The molecule has 0 amide bonds. The predicted octanol–water partition coefficient (Wildman–Crippen LogP) is 2.10. The number of nitro groups is 1. The highest BCUT2D eigenvalue weighted by Gasteiger charge is 2.38. The monoisotopic (exact) mass is 279 g/mol. The van der Waals surface area contributed by atoms with Gasteiger partial charge < -0.3 is 4.74 Å². The molecule has 0 radical (unpaired) electrons. The van der Waals surface area contributed by atoms with Crippen LogP contribution in [0.25, 0.3) is 0 Å². The Balaban J connectivity index is 2.76. The largest absolute Gasteiger partial charge is 0.461 e. The van der Waals surface area contributed by atoms with E-state index in [2.05, 4.69) is 4.74 Å². The average Bonchev–Trinajstić information content (AvgIpc) is 2.39. The van der Waals surface area contributed by atoms with Gasteiger partial charge in [-0.25, -0.2) is 4.79 Å². The fraction of sp³-hybridized carbons (Fsp3) is 0.429. The number of esters is 1. The first-order valence-electron chi connectivity index (χ1n) is 6.35. The van der Waals surface area contributed by atoms with Crippen LogP contribution in [-0.2, 0) is 9.53 Å². The highest BCUT2D eigenvalue weighted by Crippen LogP contribution is 2.16. The van der Waals surface area contributed by atoms with Gasteiger partial charge in [0.15, 0.2) is 5.78 Å². The van der Waals surface area contributed by atoms with Crippen molar-refractivity contribution in [1.82, 2.24) is 0 Å². The number of hydrogen-bond acceptors (Lipinski definition) is 5. The van der Waals surface area contributed by atoms with Crippen molar-refractivity contribution < 1.29 is 19.2 Å². The number of ether oxygens (including phenoxy) is 1. The van der Waals surface area contributed by atoms with Crippen LogP contribution in [0.2, 0.25) is 0 Å². The van der Waals surface area contributed by atoms with Gasteiger partial charge in [-0.3, -0.25) is 14.9 Å². The van der Waals surface area contributed by atoms with Crippen LogP contribution in [0.4, 0.5) is 0 Å². The van der Waals surface area contributed by atoms with Gasteiger partial charge in [0.1, 0.15) is 0 Å². The van der Waals surface area contributed by atoms with E-state index in [9.17, 15) is 19.7 Å². The zero-order valence-electron chi connectivity index (χ0n) is 11.4. The topological polar surface area (TPSA) is 86.5 Å². The van der Waals surface area contributed by atoms with Gasteiger partial charge in [-0.1, -0.05) is 37.3 Å². The summed E-state index contributed by atoms with van der Waals surface area (Å²) in [4.78, 5) is 33.8. The molecular formula is C14H17NO5. The van der Waals surface area contributed by atoms with Crippen molar-refractivity contribution in [3.8, 4) is 0 Å². The molecule has 0 aliphatic rings. The number of ketones is 1. The number of Topliss-reactive ketones (excluding diaryl/α,β-unsaturated/α-hetero) is 1. The lowest BCUT2D eigenvalue weighted by molar-refractivity contribution is -0.518. The van der Waals surface area contributed by atoms with E-state index in [1.807, 2.05) is 0 Å². The third kappa shape index (κ3) is 4.15.